The summed E-state index contributed by atoms with van der Waals surface area (Å²) in [4.78, 5) is 0. The van der Waals surface area contributed by atoms with Crippen molar-refractivity contribution in [2.45, 2.75) is 19.5 Å². The van der Waals surface area contributed by atoms with Crippen molar-refractivity contribution in [3.8, 4) is 0 Å². The maximum Gasteiger partial charge on any atom is 0.0547 e. The van der Waals surface area contributed by atoms with E-state index in [2.05, 4.69) is 65.9 Å². The molecule has 3 aromatic rings. The largest absolute Gasteiger partial charge is 0.305 e. The highest BCUT2D eigenvalue weighted by molar-refractivity contribution is 5.85. The molecule has 0 saturated heterocycles. The molecule has 0 amide bonds. The van der Waals surface area contributed by atoms with Gasteiger partial charge in [-0.25, -0.2) is 0 Å². The Hall–Kier alpha value is -2.13. The Kier molecular flexibility index (Phi) is 3.52. The van der Waals surface area contributed by atoms with E-state index in [1.807, 2.05) is 17.9 Å². The Bertz CT molecular complexity index is 710. The molecule has 3 rings (SSSR count). The Morgan fingerprint density at radius 2 is 1.90 bits per heavy atom. The van der Waals surface area contributed by atoms with Gasteiger partial charge in [-0.3, -0.25) is 4.68 Å². The Morgan fingerprint density at radius 3 is 2.70 bits per heavy atom. The van der Waals surface area contributed by atoms with E-state index in [1.165, 1.54) is 22.0 Å². The van der Waals surface area contributed by atoms with E-state index in [4.69, 9.17) is 0 Å². The van der Waals surface area contributed by atoms with Crippen molar-refractivity contribution in [2.24, 2.45) is 7.05 Å². The van der Waals surface area contributed by atoms with Crippen molar-refractivity contribution < 1.29 is 0 Å². The van der Waals surface area contributed by atoms with Gasteiger partial charge in [-0.2, -0.15) is 5.10 Å². The first-order valence-electron chi connectivity index (χ1n) is 6.93. The second-order valence-electron chi connectivity index (χ2n) is 5.12. The van der Waals surface area contributed by atoms with Crippen LogP contribution in [0.2, 0.25) is 0 Å². The van der Waals surface area contributed by atoms with Crippen LogP contribution in [0.15, 0.2) is 54.7 Å². The monoisotopic (exact) mass is 265 g/mol. The fraction of sp³-hybridized carbons (Fsp3) is 0.235. The number of hydrogen-bond donors (Lipinski definition) is 1. The average molecular weight is 265 g/mol. The van der Waals surface area contributed by atoms with E-state index in [1.54, 1.807) is 0 Å². The van der Waals surface area contributed by atoms with E-state index < -0.39 is 0 Å². The highest BCUT2D eigenvalue weighted by Crippen LogP contribution is 2.19. The van der Waals surface area contributed by atoms with Crippen molar-refractivity contribution in [1.82, 2.24) is 15.1 Å². The molecule has 0 aliphatic heterocycles. The van der Waals surface area contributed by atoms with Gasteiger partial charge in [-0.1, -0.05) is 42.5 Å². The fourth-order valence-corrected chi connectivity index (χ4v) is 2.62. The molecule has 1 atom stereocenters. The third-order valence-electron chi connectivity index (χ3n) is 3.78. The summed E-state index contributed by atoms with van der Waals surface area (Å²) >= 11 is 0. The Labute approximate surface area is 119 Å². The summed E-state index contributed by atoms with van der Waals surface area (Å²) in [6.07, 6.45) is 1.84. The predicted molar refractivity (Wildman–Crippen MR) is 82.4 cm³/mol. The van der Waals surface area contributed by atoms with Crippen LogP contribution in [0, 0.1) is 0 Å². The lowest BCUT2D eigenvalue weighted by Crippen LogP contribution is -2.20. The molecule has 0 saturated carbocycles. The number of aryl methyl sites for hydroxylation is 1. The molecule has 0 spiro atoms. The number of aromatic nitrogens is 2. The second-order valence-corrected chi connectivity index (χ2v) is 5.12. The molecule has 3 heteroatoms. The van der Waals surface area contributed by atoms with Gasteiger partial charge in [0.25, 0.3) is 0 Å². The number of benzene rings is 2. The van der Waals surface area contributed by atoms with Crippen molar-refractivity contribution in [3.05, 3.63) is 66.0 Å². The summed E-state index contributed by atoms with van der Waals surface area (Å²) in [7, 11) is 1.98. The molecule has 20 heavy (non-hydrogen) atoms. The van der Waals surface area contributed by atoms with Crippen LogP contribution in [0.25, 0.3) is 10.8 Å². The molecule has 0 aliphatic rings. The minimum absolute atomic E-state index is 0.279. The molecule has 2 aromatic carbocycles. The summed E-state index contributed by atoms with van der Waals surface area (Å²) in [6, 6.07) is 17.3. The first-order valence-corrected chi connectivity index (χ1v) is 6.93. The lowest BCUT2D eigenvalue weighted by molar-refractivity contribution is 0.531. The van der Waals surface area contributed by atoms with E-state index in [9.17, 15) is 0 Å². The molecule has 3 nitrogen and oxygen atoms in total. The Morgan fingerprint density at radius 1 is 1.10 bits per heavy atom. The lowest BCUT2D eigenvalue weighted by Gasteiger charge is -2.15. The molecule has 1 heterocycles. The molecule has 0 aliphatic carbocycles. The molecule has 0 bridgehead atoms. The summed E-state index contributed by atoms with van der Waals surface area (Å²) in [5.41, 5.74) is 2.53. The summed E-state index contributed by atoms with van der Waals surface area (Å²) < 4.78 is 1.92. The zero-order valence-electron chi connectivity index (χ0n) is 11.9. The highest BCUT2D eigenvalue weighted by atomic mass is 15.3. The second kappa shape index (κ2) is 5.47. The zero-order valence-corrected chi connectivity index (χ0v) is 11.9. The van der Waals surface area contributed by atoms with Crippen LogP contribution in [0.4, 0.5) is 0 Å². The van der Waals surface area contributed by atoms with Gasteiger partial charge in [0, 0.05) is 25.8 Å². The van der Waals surface area contributed by atoms with Crippen molar-refractivity contribution >= 4 is 10.8 Å². The molecule has 1 aromatic heterocycles. The minimum Gasteiger partial charge on any atom is -0.305 e. The number of rotatable bonds is 4. The molecular formula is C17H19N3. The van der Waals surface area contributed by atoms with Crippen molar-refractivity contribution in [1.29, 1.82) is 0 Å². The van der Waals surface area contributed by atoms with Gasteiger partial charge in [-0.15, -0.1) is 0 Å². The molecule has 1 N–H and O–H groups in total. The van der Waals surface area contributed by atoms with Crippen LogP contribution >= 0.6 is 0 Å². The van der Waals surface area contributed by atoms with Gasteiger partial charge in [0.2, 0.25) is 0 Å². The average Bonchev–Trinajstić information content (AvgIpc) is 2.91. The quantitative estimate of drug-likeness (QED) is 0.783. The van der Waals surface area contributed by atoms with Gasteiger partial charge < -0.3 is 5.32 Å². The van der Waals surface area contributed by atoms with Crippen LogP contribution in [0.5, 0.6) is 0 Å². The standard InChI is InChI=1S/C17H19N3/c1-13(17-10-11-19-20(17)2)18-12-15-8-5-7-14-6-3-4-9-16(14)15/h3-11,13,18H,12H2,1-2H3. The summed E-state index contributed by atoms with van der Waals surface area (Å²) in [5.74, 6) is 0. The van der Waals surface area contributed by atoms with Gasteiger partial charge in [-0.05, 0) is 29.3 Å². The number of fused-ring (bicyclic) bond motifs is 1. The smallest absolute Gasteiger partial charge is 0.0547 e. The fourth-order valence-electron chi connectivity index (χ4n) is 2.62. The normalized spacial score (nSPS) is 12.7. The van der Waals surface area contributed by atoms with Crippen LogP contribution in [-0.4, -0.2) is 9.78 Å². The zero-order chi connectivity index (χ0) is 13.9. The van der Waals surface area contributed by atoms with E-state index >= 15 is 0 Å². The molecule has 1 unspecified atom stereocenters. The van der Waals surface area contributed by atoms with E-state index in [0.29, 0.717) is 0 Å². The van der Waals surface area contributed by atoms with E-state index in [0.717, 1.165) is 6.54 Å². The van der Waals surface area contributed by atoms with Crippen molar-refractivity contribution in [3.63, 3.8) is 0 Å². The number of nitrogens with one attached hydrogen (secondary N) is 1. The van der Waals surface area contributed by atoms with Gasteiger partial charge >= 0.3 is 0 Å². The number of hydrogen-bond acceptors (Lipinski definition) is 2. The van der Waals surface area contributed by atoms with Crippen molar-refractivity contribution in [2.75, 3.05) is 0 Å². The van der Waals surface area contributed by atoms with Crippen LogP contribution in [0.3, 0.4) is 0 Å². The van der Waals surface area contributed by atoms with Gasteiger partial charge in [0.15, 0.2) is 0 Å². The SMILES string of the molecule is CC(NCc1cccc2ccccc12)c1ccnn1C. The van der Waals surface area contributed by atoms with Gasteiger partial charge in [0.05, 0.1) is 5.69 Å². The predicted octanol–water partition coefficient (Wildman–Crippen LogP) is 3.42. The summed E-state index contributed by atoms with van der Waals surface area (Å²) in [5, 5.41) is 10.4. The van der Waals surface area contributed by atoms with Crippen LogP contribution in [-0.2, 0) is 13.6 Å². The topological polar surface area (TPSA) is 29.9 Å². The first kappa shape index (κ1) is 12.9. The Balaban J connectivity index is 1.79. The molecule has 102 valence electrons. The highest BCUT2D eigenvalue weighted by Gasteiger charge is 2.09. The maximum atomic E-state index is 4.22. The van der Waals surface area contributed by atoms with Gasteiger partial charge in [0.1, 0.15) is 0 Å². The summed E-state index contributed by atoms with van der Waals surface area (Å²) in [6.45, 7) is 3.02. The molecule has 0 fully saturated rings. The minimum atomic E-state index is 0.279. The lowest BCUT2D eigenvalue weighted by atomic mass is 10.0. The first-order chi connectivity index (χ1) is 9.75. The van der Waals surface area contributed by atoms with Crippen LogP contribution in [0.1, 0.15) is 24.2 Å². The van der Waals surface area contributed by atoms with Crippen LogP contribution < -0.4 is 5.32 Å². The third-order valence-corrected chi connectivity index (χ3v) is 3.78. The van der Waals surface area contributed by atoms with E-state index in [-0.39, 0.29) is 6.04 Å². The number of nitrogens with zero attached hydrogens (tertiary/aromatic N) is 2. The maximum absolute atomic E-state index is 4.22. The third kappa shape index (κ3) is 2.45. The molecular weight excluding hydrogens is 246 g/mol. The molecule has 0 radical (unpaired) electrons.